The van der Waals surface area contributed by atoms with Crippen LogP contribution in [0.4, 0.5) is 0 Å². The molecular formula is C21H29NO2. The molecule has 0 radical (unpaired) electrons. The topological polar surface area (TPSA) is 31.2 Å². The number of hydrogen-bond acceptors (Lipinski definition) is 2. The standard InChI is InChI=1S/C21H29NO2/c1-5-8-9-19(6-2)22-13-12-18-15-17(10-11-20(18)22)16(4)14-21(23)24-7-3/h10-15,19H,5-9H2,1-4H3/b16-14+. The molecule has 2 rings (SSSR count). The van der Waals surface area contributed by atoms with Gasteiger partial charge in [0.25, 0.3) is 0 Å². The van der Waals surface area contributed by atoms with Crippen molar-refractivity contribution in [2.24, 2.45) is 0 Å². The predicted octanol–water partition coefficient (Wildman–Crippen LogP) is 5.75. The first-order chi connectivity index (χ1) is 11.6. The summed E-state index contributed by atoms with van der Waals surface area (Å²) < 4.78 is 7.39. The highest BCUT2D eigenvalue weighted by molar-refractivity contribution is 5.92. The maximum absolute atomic E-state index is 11.6. The normalized spacial score (nSPS) is 13.2. The molecule has 0 aliphatic heterocycles. The van der Waals surface area contributed by atoms with Gasteiger partial charge in [-0.15, -0.1) is 0 Å². The number of rotatable bonds is 8. The summed E-state index contributed by atoms with van der Waals surface area (Å²) in [5.41, 5.74) is 3.27. The number of aromatic nitrogens is 1. The Bertz CT molecular complexity index is 712. The number of allylic oxidation sites excluding steroid dienone is 1. The Morgan fingerprint density at radius 2 is 2.04 bits per heavy atom. The van der Waals surface area contributed by atoms with Gasteiger partial charge in [0.15, 0.2) is 0 Å². The lowest BCUT2D eigenvalue weighted by Gasteiger charge is -2.18. The average Bonchev–Trinajstić information content (AvgIpc) is 2.99. The fourth-order valence-corrected chi connectivity index (χ4v) is 3.15. The summed E-state index contributed by atoms with van der Waals surface area (Å²) in [5, 5.41) is 1.22. The van der Waals surface area contributed by atoms with E-state index in [1.54, 1.807) is 6.08 Å². The summed E-state index contributed by atoms with van der Waals surface area (Å²) in [7, 11) is 0. The van der Waals surface area contributed by atoms with Crippen molar-refractivity contribution in [2.45, 2.75) is 59.4 Å². The van der Waals surface area contributed by atoms with Gasteiger partial charge in [-0.25, -0.2) is 4.79 Å². The number of unbranched alkanes of at least 4 members (excludes halogenated alkanes) is 1. The molecule has 3 nitrogen and oxygen atoms in total. The molecule has 1 aromatic heterocycles. The number of nitrogens with zero attached hydrogens (tertiary/aromatic N) is 1. The number of carbonyl (C=O) groups excluding carboxylic acids is 1. The van der Waals surface area contributed by atoms with Crippen LogP contribution in [0.25, 0.3) is 16.5 Å². The van der Waals surface area contributed by atoms with E-state index in [-0.39, 0.29) is 5.97 Å². The largest absolute Gasteiger partial charge is 0.463 e. The Balaban J connectivity index is 2.28. The molecule has 3 heteroatoms. The van der Waals surface area contributed by atoms with Crippen LogP contribution in [0.15, 0.2) is 36.5 Å². The Labute approximate surface area is 145 Å². The van der Waals surface area contributed by atoms with Crippen molar-refractivity contribution in [3.8, 4) is 0 Å². The summed E-state index contributed by atoms with van der Waals surface area (Å²) in [6, 6.07) is 9.15. The van der Waals surface area contributed by atoms with Crippen LogP contribution in [0.3, 0.4) is 0 Å². The monoisotopic (exact) mass is 327 g/mol. The smallest absolute Gasteiger partial charge is 0.331 e. The third kappa shape index (κ3) is 4.28. The molecule has 0 saturated heterocycles. The summed E-state index contributed by atoms with van der Waals surface area (Å²) in [6.07, 6.45) is 8.63. The van der Waals surface area contributed by atoms with Crippen LogP contribution in [0.1, 0.15) is 65.0 Å². The van der Waals surface area contributed by atoms with Crippen molar-refractivity contribution in [3.63, 3.8) is 0 Å². The molecule has 0 bridgehead atoms. The van der Waals surface area contributed by atoms with Gasteiger partial charge < -0.3 is 9.30 Å². The van der Waals surface area contributed by atoms with Crippen LogP contribution in [0.2, 0.25) is 0 Å². The van der Waals surface area contributed by atoms with Crippen molar-refractivity contribution < 1.29 is 9.53 Å². The van der Waals surface area contributed by atoms with Crippen molar-refractivity contribution >= 4 is 22.4 Å². The highest BCUT2D eigenvalue weighted by atomic mass is 16.5. The maximum atomic E-state index is 11.6. The van der Waals surface area contributed by atoms with E-state index in [0.717, 1.165) is 17.6 Å². The van der Waals surface area contributed by atoms with Crippen molar-refractivity contribution in [2.75, 3.05) is 6.61 Å². The van der Waals surface area contributed by atoms with Crippen molar-refractivity contribution in [3.05, 3.63) is 42.1 Å². The Hall–Kier alpha value is -2.03. The van der Waals surface area contributed by atoms with E-state index < -0.39 is 0 Å². The minimum atomic E-state index is -0.279. The molecule has 1 heterocycles. The molecule has 0 saturated carbocycles. The van der Waals surface area contributed by atoms with Gasteiger partial charge in [0, 0.05) is 29.2 Å². The lowest BCUT2D eigenvalue weighted by Crippen LogP contribution is -2.06. The van der Waals surface area contributed by atoms with Crippen LogP contribution in [-0.4, -0.2) is 17.1 Å². The molecule has 24 heavy (non-hydrogen) atoms. The van der Waals surface area contributed by atoms with Gasteiger partial charge in [-0.1, -0.05) is 32.8 Å². The maximum Gasteiger partial charge on any atom is 0.331 e. The van der Waals surface area contributed by atoms with Crippen LogP contribution in [0.5, 0.6) is 0 Å². The molecule has 0 aliphatic carbocycles. The predicted molar refractivity (Wildman–Crippen MR) is 101 cm³/mol. The lowest BCUT2D eigenvalue weighted by atomic mass is 10.0. The fraction of sp³-hybridized carbons (Fsp3) is 0.476. The molecule has 1 unspecified atom stereocenters. The number of hydrogen-bond donors (Lipinski definition) is 0. The van der Waals surface area contributed by atoms with Crippen LogP contribution < -0.4 is 0 Å². The molecule has 0 spiro atoms. The summed E-state index contributed by atoms with van der Waals surface area (Å²) >= 11 is 0. The second-order valence-corrected chi connectivity index (χ2v) is 6.28. The summed E-state index contributed by atoms with van der Waals surface area (Å²) in [4.78, 5) is 11.6. The number of benzene rings is 1. The second-order valence-electron chi connectivity index (χ2n) is 6.28. The molecule has 1 atom stereocenters. The molecular weight excluding hydrogens is 298 g/mol. The zero-order valence-electron chi connectivity index (χ0n) is 15.3. The zero-order chi connectivity index (χ0) is 17.5. The molecule has 0 fully saturated rings. The van der Waals surface area contributed by atoms with Gasteiger partial charge in [0.1, 0.15) is 0 Å². The van der Waals surface area contributed by atoms with Crippen molar-refractivity contribution in [1.82, 2.24) is 4.57 Å². The number of ether oxygens (including phenoxy) is 1. The first-order valence-electron chi connectivity index (χ1n) is 9.06. The first-order valence-corrected chi connectivity index (χ1v) is 9.06. The van der Waals surface area contributed by atoms with Crippen LogP contribution >= 0.6 is 0 Å². The number of carbonyl (C=O) groups is 1. The highest BCUT2D eigenvalue weighted by Crippen LogP contribution is 2.28. The summed E-state index contributed by atoms with van der Waals surface area (Å²) in [6.45, 7) is 8.67. The number of esters is 1. The molecule has 0 amide bonds. The molecule has 1 aromatic carbocycles. The van der Waals surface area contributed by atoms with Gasteiger partial charge in [0.05, 0.1) is 6.61 Å². The van der Waals surface area contributed by atoms with Gasteiger partial charge in [-0.3, -0.25) is 0 Å². The zero-order valence-corrected chi connectivity index (χ0v) is 15.3. The van der Waals surface area contributed by atoms with Crippen LogP contribution in [-0.2, 0) is 9.53 Å². The van der Waals surface area contributed by atoms with Gasteiger partial charge in [-0.2, -0.15) is 0 Å². The van der Waals surface area contributed by atoms with E-state index in [2.05, 4.69) is 48.9 Å². The van der Waals surface area contributed by atoms with E-state index in [1.807, 2.05) is 13.8 Å². The molecule has 0 N–H and O–H groups in total. The second kappa shape index (κ2) is 8.72. The SMILES string of the molecule is CCCCC(CC)n1ccc2cc(/C(C)=C/C(=O)OCC)ccc21. The average molecular weight is 327 g/mol. The van der Waals surface area contributed by atoms with E-state index in [0.29, 0.717) is 12.6 Å². The van der Waals surface area contributed by atoms with Crippen molar-refractivity contribution in [1.29, 1.82) is 0 Å². The third-order valence-electron chi connectivity index (χ3n) is 4.55. The molecule has 2 aromatic rings. The van der Waals surface area contributed by atoms with E-state index in [4.69, 9.17) is 4.74 Å². The first kappa shape index (κ1) is 18.3. The number of fused-ring (bicyclic) bond motifs is 1. The van der Waals surface area contributed by atoms with Gasteiger partial charge >= 0.3 is 5.97 Å². The summed E-state index contributed by atoms with van der Waals surface area (Å²) in [5.74, 6) is -0.279. The Kier molecular flexibility index (Phi) is 6.65. The third-order valence-corrected chi connectivity index (χ3v) is 4.55. The van der Waals surface area contributed by atoms with E-state index in [1.165, 1.54) is 30.2 Å². The minimum absolute atomic E-state index is 0.279. The quantitative estimate of drug-likeness (QED) is 0.456. The van der Waals surface area contributed by atoms with E-state index in [9.17, 15) is 4.79 Å². The highest BCUT2D eigenvalue weighted by Gasteiger charge is 2.11. The minimum Gasteiger partial charge on any atom is -0.463 e. The molecule has 130 valence electrons. The van der Waals surface area contributed by atoms with Gasteiger partial charge in [0.2, 0.25) is 0 Å². The molecule has 0 aliphatic rings. The Morgan fingerprint density at radius 3 is 2.71 bits per heavy atom. The van der Waals surface area contributed by atoms with Gasteiger partial charge in [-0.05, 0) is 56.0 Å². The van der Waals surface area contributed by atoms with Crippen LogP contribution in [0, 0.1) is 0 Å². The lowest BCUT2D eigenvalue weighted by molar-refractivity contribution is -0.137. The fourth-order valence-electron chi connectivity index (χ4n) is 3.15. The Morgan fingerprint density at radius 1 is 1.25 bits per heavy atom. The van der Waals surface area contributed by atoms with E-state index >= 15 is 0 Å².